The molecule has 0 aliphatic carbocycles. The Labute approximate surface area is 152 Å². The zero-order valence-corrected chi connectivity index (χ0v) is 16.8. The van der Waals surface area contributed by atoms with E-state index in [-0.39, 0.29) is 16.7 Å². The molecule has 0 aliphatic rings. The van der Waals surface area contributed by atoms with Gasteiger partial charge in [-0.25, -0.2) is 8.42 Å². The first-order valence-electron chi connectivity index (χ1n) is 8.80. The predicted molar refractivity (Wildman–Crippen MR) is 102 cm³/mol. The second kappa shape index (κ2) is 9.89. The van der Waals surface area contributed by atoms with Crippen molar-refractivity contribution in [2.24, 2.45) is 5.92 Å². The first-order chi connectivity index (χ1) is 11.7. The van der Waals surface area contributed by atoms with Crippen LogP contribution < -0.4 is 5.32 Å². The van der Waals surface area contributed by atoms with Crippen molar-refractivity contribution < 1.29 is 13.2 Å². The molecule has 7 heteroatoms. The normalized spacial score (nSPS) is 12.2. The van der Waals surface area contributed by atoms with E-state index < -0.39 is 10.0 Å². The van der Waals surface area contributed by atoms with Crippen molar-refractivity contribution in [2.45, 2.75) is 39.5 Å². The van der Waals surface area contributed by atoms with Crippen molar-refractivity contribution >= 4 is 21.6 Å². The Morgan fingerprint density at radius 2 is 1.64 bits per heavy atom. The van der Waals surface area contributed by atoms with Crippen molar-refractivity contribution in [3.05, 3.63) is 24.3 Å². The number of hydrogen-bond donors (Lipinski definition) is 1. The van der Waals surface area contributed by atoms with Crippen LogP contribution in [0.3, 0.4) is 0 Å². The fourth-order valence-corrected chi connectivity index (χ4v) is 4.17. The Balaban J connectivity index is 2.99. The Morgan fingerprint density at radius 3 is 2.08 bits per heavy atom. The van der Waals surface area contributed by atoms with E-state index in [1.807, 2.05) is 13.8 Å². The molecule has 0 spiro atoms. The molecule has 1 N–H and O–H groups in total. The zero-order chi connectivity index (χ0) is 19.0. The average Bonchev–Trinajstić information content (AvgIpc) is 2.54. The van der Waals surface area contributed by atoms with E-state index >= 15 is 0 Å². The lowest BCUT2D eigenvalue weighted by molar-refractivity contribution is -0.114. The summed E-state index contributed by atoms with van der Waals surface area (Å²) in [5, 5.41) is 2.65. The number of benzene rings is 1. The molecule has 1 amide bonds. The molecule has 25 heavy (non-hydrogen) atoms. The highest BCUT2D eigenvalue weighted by Gasteiger charge is 2.25. The topological polar surface area (TPSA) is 69.7 Å². The Morgan fingerprint density at radius 1 is 1.08 bits per heavy atom. The highest BCUT2D eigenvalue weighted by Crippen LogP contribution is 2.19. The van der Waals surface area contributed by atoms with Gasteiger partial charge in [-0.2, -0.15) is 4.31 Å². The van der Waals surface area contributed by atoms with Crippen LogP contribution in [0.15, 0.2) is 29.2 Å². The Hall–Kier alpha value is -1.44. The molecular formula is C18H31N3O3S. The summed E-state index contributed by atoms with van der Waals surface area (Å²) in [5.74, 6) is 0.0568. The minimum atomic E-state index is -3.56. The lowest BCUT2D eigenvalue weighted by atomic mass is 10.2. The first-order valence-corrected chi connectivity index (χ1v) is 10.2. The standard InChI is InChI=1S/C18H31N3O3S/c1-6-20(7-2)12-13-21(14-15(3)4)25(23,24)18-10-8-17(9-11-18)19-16(5)22/h8-11,15H,6-7,12-14H2,1-5H3,(H,19,22). The molecule has 0 radical (unpaired) electrons. The van der Waals surface area contributed by atoms with Crippen molar-refractivity contribution in [3.8, 4) is 0 Å². The quantitative estimate of drug-likeness (QED) is 0.688. The number of carbonyl (C=O) groups is 1. The molecule has 0 saturated carbocycles. The minimum absolute atomic E-state index is 0.184. The molecule has 0 aromatic heterocycles. The van der Waals surface area contributed by atoms with Gasteiger partial charge in [-0.3, -0.25) is 4.79 Å². The maximum absolute atomic E-state index is 13.0. The van der Waals surface area contributed by atoms with Gasteiger partial charge in [0.05, 0.1) is 4.90 Å². The van der Waals surface area contributed by atoms with E-state index in [1.54, 1.807) is 28.6 Å². The summed E-state index contributed by atoms with van der Waals surface area (Å²) >= 11 is 0. The fraction of sp³-hybridized carbons (Fsp3) is 0.611. The van der Waals surface area contributed by atoms with Gasteiger partial charge >= 0.3 is 0 Å². The van der Waals surface area contributed by atoms with Crippen LogP contribution in [0.4, 0.5) is 5.69 Å². The van der Waals surface area contributed by atoms with Gasteiger partial charge < -0.3 is 10.2 Å². The van der Waals surface area contributed by atoms with Gasteiger partial charge in [0.25, 0.3) is 0 Å². The second-order valence-electron chi connectivity index (χ2n) is 6.49. The maximum Gasteiger partial charge on any atom is 0.243 e. The fourth-order valence-electron chi connectivity index (χ4n) is 2.57. The number of hydrogen-bond acceptors (Lipinski definition) is 4. The number of anilines is 1. The van der Waals surface area contributed by atoms with Gasteiger partial charge in [0.1, 0.15) is 0 Å². The van der Waals surface area contributed by atoms with Crippen molar-refractivity contribution in [1.29, 1.82) is 0 Å². The summed E-state index contributed by atoms with van der Waals surface area (Å²) in [6, 6.07) is 6.33. The number of likely N-dealkylation sites (N-methyl/N-ethyl adjacent to an activating group) is 1. The van der Waals surface area contributed by atoms with Crippen molar-refractivity contribution in [1.82, 2.24) is 9.21 Å². The summed E-state index contributed by atoms with van der Waals surface area (Å²) in [7, 11) is -3.56. The number of amides is 1. The van der Waals surface area contributed by atoms with Gasteiger partial charge in [-0.15, -0.1) is 0 Å². The number of nitrogens with one attached hydrogen (secondary N) is 1. The molecule has 1 aromatic rings. The molecule has 0 fully saturated rings. The molecular weight excluding hydrogens is 338 g/mol. The number of rotatable bonds is 10. The molecule has 0 atom stereocenters. The third-order valence-corrected chi connectivity index (χ3v) is 5.82. The first kappa shape index (κ1) is 21.6. The summed E-state index contributed by atoms with van der Waals surface area (Å²) in [4.78, 5) is 13.6. The van der Waals surface area contributed by atoms with Crippen molar-refractivity contribution in [3.63, 3.8) is 0 Å². The largest absolute Gasteiger partial charge is 0.326 e. The van der Waals surface area contributed by atoms with Crippen LogP contribution in [0.1, 0.15) is 34.6 Å². The second-order valence-corrected chi connectivity index (χ2v) is 8.43. The van der Waals surface area contributed by atoms with Gasteiger partial charge in [0.15, 0.2) is 0 Å². The zero-order valence-electron chi connectivity index (χ0n) is 15.9. The summed E-state index contributed by atoms with van der Waals surface area (Å²) in [5.41, 5.74) is 0.588. The van der Waals surface area contributed by atoms with E-state index in [1.165, 1.54) is 6.92 Å². The van der Waals surface area contributed by atoms with E-state index in [0.717, 1.165) is 13.1 Å². The Kier molecular flexibility index (Phi) is 8.55. The van der Waals surface area contributed by atoms with Crippen LogP contribution in [0, 0.1) is 5.92 Å². The number of sulfonamides is 1. The SMILES string of the molecule is CCN(CC)CCN(CC(C)C)S(=O)(=O)c1ccc(NC(C)=O)cc1. The third-order valence-electron chi connectivity index (χ3n) is 3.94. The smallest absolute Gasteiger partial charge is 0.243 e. The van der Waals surface area contributed by atoms with Gasteiger partial charge in [-0.1, -0.05) is 27.7 Å². The molecule has 1 rings (SSSR count). The third kappa shape index (κ3) is 6.76. The van der Waals surface area contributed by atoms with Gasteiger partial charge in [0.2, 0.25) is 15.9 Å². The highest BCUT2D eigenvalue weighted by atomic mass is 32.2. The average molecular weight is 370 g/mol. The van der Waals surface area contributed by atoms with Crippen LogP contribution >= 0.6 is 0 Å². The molecule has 0 unspecified atom stereocenters. The monoisotopic (exact) mass is 369 g/mol. The van der Waals surface area contributed by atoms with Gasteiger partial charge in [-0.05, 0) is 43.3 Å². The molecule has 0 saturated heterocycles. The minimum Gasteiger partial charge on any atom is -0.326 e. The summed E-state index contributed by atoms with van der Waals surface area (Å²) in [6.07, 6.45) is 0. The van der Waals surface area contributed by atoms with E-state index in [0.29, 0.717) is 25.3 Å². The lowest BCUT2D eigenvalue weighted by Gasteiger charge is -2.27. The van der Waals surface area contributed by atoms with Crippen LogP contribution in [0.2, 0.25) is 0 Å². The van der Waals surface area contributed by atoms with E-state index in [4.69, 9.17) is 0 Å². The molecule has 0 aliphatic heterocycles. The van der Waals surface area contributed by atoms with Crippen molar-refractivity contribution in [2.75, 3.05) is 38.0 Å². The van der Waals surface area contributed by atoms with Gasteiger partial charge in [0, 0.05) is 32.2 Å². The number of carbonyl (C=O) groups excluding carboxylic acids is 1. The van der Waals surface area contributed by atoms with Crippen LogP contribution in [0.5, 0.6) is 0 Å². The molecule has 0 bridgehead atoms. The molecule has 0 heterocycles. The van der Waals surface area contributed by atoms with E-state index in [9.17, 15) is 13.2 Å². The highest BCUT2D eigenvalue weighted by molar-refractivity contribution is 7.89. The van der Waals surface area contributed by atoms with Crippen LogP contribution in [0.25, 0.3) is 0 Å². The lowest BCUT2D eigenvalue weighted by Crippen LogP contribution is -2.40. The van der Waals surface area contributed by atoms with E-state index in [2.05, 4.69) is 24.1 Å². The molecule has 6 nitrogen and oxygen atoms in total. The van der Waals surface area contributed by atoms with Crippen LogP contribution in [-0.2, 0) is 14.8 Å². The summed E-state index contributed by atoms with van der Waals surface area (Å²) in [6.45, 7) is 13.1. The summed E-state index contributed by atoms with van der Waals surface area (Å²) < 4.78 is 27.6. The van der Waals surface area contributed by atoms with Crippen LogP contribution in [-0.4, -0.2) is 56.3 Å². The number of nitrogens with zero attached hydrogens (tertiary/aromatic N) is 2. The predicted octanol–water partition coefficient (Wildman–Crippen LogP) is 2.63. The Bertz CT molecular complexity index is 638. The maximum atomic E-state index is 13.0. The molecule has 142 valence electrons. The molecule has 1 aromatic carbocycles.